The largest absolute Gasteiger partial charge is 0.344 e. The van der Waals surface area contributed by atoms with Gasteiger partial charge in [0.2, 0.25) is 15.9 Å². The van der Waals surface area contributed by atoms with Gasteiger partial charge in [-0.3, -0.25) is 9.10 Å². The number of carbonyl (C=O) groups excluding carboxylic acids is 1. The van der Waals surface area contributed by atoms with Gasteiger partial charge in [-0.2, -0.15) is 0 Å². The summed E-state index contributed by atoms with van der Waals surface area (Å²) in [6.45, 7) is 1.64. The zero-order valence-corrected chi connectivity index (χ0v) is 18.3. The summed E-state index contributed by atoms with van der Waals surface area (Å²) in [7, 11) is -3.69. The van der Waals surface area contributed by atoms with E-state index in [0.717, 1.165) is 27.3 Å². The molecule has 7 heteroatoms. The summed E-state index contributed by atoms with van der Waals surface area (Å²) in [6.07, 6.45) is 1.07. The Bertz CT molecular complexity index is 1120. The second kappa shape index (κ2) is 9.32. The number of carbonyl (C=O) groups is 1. The van der Waals surface area contributed by atoms with Crippen molar-refractivity contribution in [3.63, 3.8) is 0 Å². The number of anilines is 1. The van der Waals surface area contributed by atoms with Crippen LogP contribution >= 0.6 is 11.6 Å². The van der Waals surface area contributed by atoms with E-state index in [2.05, 4.69) is 5.32 Å². The first-order valence-corrected chi connectivity index (χ1v) is 11.6. The van der Waals surface area contributed by atoms with E-state index in [1.54, 1.807) is 18.2 Å². The van der Waals surface area contributed by atoms with Crippen molar-refractivity contribution < 1.29 is 13.2 Å². The van der Waals surface area contributed by atoms with Gasteiger partial charge in [0.25, 0.3) is 0 Å². The molecule has 3 aromatic carbocycles. The third-order valence-electron chi connectivity index (χ3n) is 4.63. The maximum atomic E-state index is 12.9. The van der Waals surface area contributed by atoms with Crippen molar-refractivity contribution in [3.05, 3.63) is 101 Å². The van der Waals surface area contributed by atoms with E-state index in [1.165, 1.54) is 6.07 Å². The highest BCUT2D eigenvalue weighted by Crippen LogP contribution is 2.24. The van der Waals surface area contributed by atoms with Crippen LogP contribution in [-0.4, -0.2) is 27.1 Å². The Morgan fingerprint density at radius 3 is 2.20 bits per heavy atom. The van der Waals surface area contributed by atoms with Crippen LogP contribution in [0.15, 0.2) is 78.9 Å². The quantitative estimate of drug-likeness (QED) is 0.592. The molecule has 0 unspecified atom stereocenters. The first-order valence-electron chi connectivity index (χ1n) is 9.38. The normalized spacial score (nSPS) is 12.2. The molecule has 0 aliphatic carbocycles. The van der Waals surface area contributed by atoms with E-state index in [1.807, 2.05) is 61.5 Å². The van der Waals surface area contributed by atoms with Crippen molar-refractivity contribution in [2.24, 2.45) is 0 Å². The minimum absolute atomic E-state index is 0.340. The second-order valence-corrected chi connectivity index (χ2v) is 9.41. The lowest BCUT2D eigenvalue weighted by molar-refractivity contribution is -0.120. The smallest absolute Gasteiger partial charge is 0.241 e. The summed E-state index contributed by atoms with van der Waals surface area (Å²) >= 11 is 6.01. The van der Waals surface area contributed by atoms with Crippen LogP contribution in [0.1, 0.15) is 22.7 Å². The third-order valence-corrected chi connectivity index (χ3v) is 6.01. The average molecular weight is 443 g/mol. The van der Waals surface area contributed by atoms with Gasteiger partial charge in [-0.05, 0) is 36.2 Å². The number of sulfonamides is 1. The summed E-state index contributed by atoms with van der Waals surface area (Å²) in [4.78, 5) is 12.9. The SMILES string of the molecule is Cc1ccc([C@H](NC(=O)CN(c2cccc(Cl)c2)S(C)(=O)=O)c2ccccc2)cc1. The molecule has 0 aliphatic rings. The summed E-state index contributed by atoms with van der Waals surface area (Å²) in [5.41, 5.74) is 3.27. The molecule has 0 spiro atoms. The van der Waals surface area contributed by atoms with Crippen molar-refractivity contribution in [3.8, 4) is 0 Å². The predicted molar refractivity (Wildman–Crippen MR) is 121 cm³/mol. The van der Waals surface area contributed by atoms with Crippen LogP contribution in [0.25, 0.3) is 0 Å². The van der Waals surface area contributed by atoms with Crippen LogP contribution in [0.5, 0.6) is 0 Å². The van der Waals surface area contributed by atoms with Gasteiger partial charge in [0.05, 0.1) is 18.0 Å². The number of nitrogens with one attached hydrogen (secondary N) is 1. The topological polar surface area (TPSA) is 66.5 Å². The molecule has 1 N–H and O–H groups in total. The van der Waals surface area contributed by atoms with Crippen molar-refractivity contribution in [1.29, 1.82) is 0 Å². The minimum atomic E-state index is -3.69. The lowest BCUT2D eigenvalue weighted by Crippen LogP contribution is -2.41. The van der Waals surface area contributed by atoms with Gasteiger partial charge >= 0.3 is 0 Å². The van der Waals surface area contributed by atoms with Gasteiger partial charge in [0, 0.05) is 5.02 Å². The van der Waals surface area contributed by atoms with Gasteiger partial charge in [0.15, 0.2) is 0 Å². The van der Waals surface area contributed by atoms with Crippen molar-refractivity contribution in [2.75, 3.05) is 17.1 Å². The Morgan fingerprint density at radius 1 is 0.967 bits per heavy atom. The highest BCUT2D eigenvalue weighted by Gasteiger charge is 2.24. The molecule has 0 saturated heterocycles. The molecule has 3 aromatic rings. The number of amides is 1. The fourth-order valence-corrected chi connectivity index (χ4v) is 4.16. The maximum Gasteiger partial charge on any atom is 0.241 e. The van der Waals surface area contributed by atoms with E-state index < -0.39 is 22.0 Å². The van der Waals surface area contributed by atoms with E-state index in [0.29, 0.717) is 10.7 Å². The number of halogens is 1. The van der Waals surface area contributed by atoms with Gasteiger partial charge in [-0.25, -0.2) is 8.42 Å². The molecule has 1 amide bonds. The predicted octanol–water partition coefficient (Wildman–Crippen LogP) is 4.32. The molecule has 30 heavy (non-hydrogen) atoms. The summed E-state index contributed by atoms with van der Waals surface area (Å²) in [5, 5.41) is 3.37. The van der Waals surface area contributed by atoms with Crippen molar-refractivity contribution in [2.45, 2.75) is 13.0 Å². The standard InChI is InChI=1S/C23H23ClN2O3S/c1-17-11-13-19(14-12-17)23(18-7-4-3-5-8-18)25-22(27)16-26(30(2,28)29)21-10-6-9-20(24)15-21/h3-15,23H,16H2,1-2H3,(H,25,27)/t23-/m1/s1. The Kier molecular flexibility index (Phi) is 6.80. The first kappa shape index (κ1) is 21.9. The number of benzene rings is 3. The summed E-state index contributed by atoms with van der Waals surface area (Å²) < 4.78 is 25.7. The van der Waals surface area contributed by atoms with E-state index in [-0.39, 0.29) is 6.54 Å². The van der Waals surface area contributed by atoms with Crippen LogP contribution in [-0.2, 0) is 14.8 Å². The van der Waals surface area contributed by atoms with Crippen molar-refractivity contribution in [1.82, 2.24) is 5.32 Å². The minimum Gasteiger partial charge on any atom is -0.344 e. The fraction of sp³-hybridized carbons (Fsp3) is 0.174. The molecule has 0 bridgehead atoms. The molecule has 0 fully saturated rings. The van der Waals surface area contributed by atoms with E-state index in [9.17, 15) is 13.2 Å². The number of hydrogen-bond acceptors (Lipinski definition) is 3. The van der Waals surface area contributed by atoms with E-state index in [4.69, 9.17) is 11.6 Å². The highest BCUT2D eigenvalue weighted by molar-refractivity contribution is 7.92. The Hall–Kier alpha value is -2.83. The third kappa shape index (κ3) is 5.62. The molecule has 3 rings (SSSR count). The highest BCUT2D eigenvalue weighted by atomic mass is 35.5. The average Bonchev–Trinajstić information content (AvgIpc) is 2.71. The summed E-state index contributed by atoms with van der Waals surface area (Å²) in [6, 6.07) is 23.4. The zero-order chi connectivity index (χ0) is 21.7. The second-order valence-electron chi connectivity index (χ2n) is 7.07. The summed E-state index contributed by atoms with van der Waals surface area (Å²) in [5.74, 6) is -0.421. The molecular formula is C23H23ClN2O3S. The monoisotopic (exact) mass is 442 g/mol. The zero-order valence-electron chi connectivity index (χ0n) is 16.7. The number of rotatable bonds is 7. The Labute approximate surface area is 182 Å². The molecule has 0 saturated carbocycles. The van der Waals surface area contributed by atoms with Gasteiger partial charge in [-0.1, -0.05) is 77.8 Å². The molecule has 5 nitrogen and oxygen atoms in total. The molecular weight excluding hydrogens is 420 g/mol. The number of nitrogens with zero attached hydrogens (tertiary/aromatic N) is 1. The van der Waals surface area contributed by atoms with Gasteiger partial charge < -0.3 is 5.32 Å². The van der Waals surface area contributed by atoms with E-state index >= 15 is 0 Å². The van der Waals surface area contributed by atoms with Crippen LogP contribution in [0.3, 0.4) is 0 Å². The molecule has 0 aromatic heterocycles. The van der Waals surface area contributed by atoms with Gasteiger partial charge in [-0.15, -0.1) is 0 Å². The Morgan fingerprint density at radius 2 is 1.60 bits per heavy atom. The van der Waals surface area contributed by atoms with Crippen LogP contribution in [0, 0.1) is 6.92 Å². The van der Waals surface area contributed by atoms with Gasteiger partial charge in [0.1, 0.15) is 6.54 Å². The maximum absolute atomic E-state index is 12.9. The van der Waals surface area contributed by atoms with Crippen LogP contribution in [0.2, 0.25) is 5.02 Å². The lowest BCUT2D eigenvalue weighted by Gasteiger charge is -2.25. The molecule has 1 atom stereocenters. The molecule has 156 valence electrons. The van der Waals surface area contributed by atoms with Crippen LogP contribution in [0.4, 0.5) is 5.69 Å². The fourth-order valence-electron chi connectivity index (χ4n) is 3.13. The number of aryl methyl sites for hydroxylation is 1. The van der Waals surface area contributed by atoms with Crippen LogP contribution < -0.4 is 9.62 Å². The molecule has 0 aliphatic heterocycles. The number of hydrogen-bond donors (Lipinski definition) is 1. The Balaban J connectivity index is 1.88. The van der Waals surface area contributed by atoms with Crippen molar-refractivity contribution >= 4 is 33.2 Å². The molecule has 0 heterocycles. The first-order chi connectivity index (χ1) is 14.2. The lowest BCUT2D eigenvalue weighted by atomic mass is 9.98. The molecule has 0 radical (unpaired) electrons.